The molecule has 3 aromatic rings. The maximum Gasteiger partial charge on any atom is 0.311 e. The third-order valence-electron chi connectivity index (χ3n) is 5.44. The first kappa shape index (κ1) is 26.6. The Morgan fingerprint density at radius 2 is 1.65 bits per heavy atom. The van der Waals surface area contributed by atoms with Crippen molar-refractivity contribution >= 4 is 35.5 Å². The highest BCUT2D eigenvalue weighted by Crippen LogP contribution is 2.25. The van der Waals surface area contributed by atoms with Gasteiger partial charge < -0.3 is 15.3 Å². The zero-order chi connectivity index (χ0) is 26.8. The Kier molecular flexibility index (Phi) is 9.09. The highest BCUT2D eigenvalue weighted by atomic mass is 16.6. The summed E-state index contributed by atoms with van der Waals surface area (Å²) in [6.45, 7) is 5.84. The van der Waals surface area contributed by atoms with Gasteiger partial charge in [0.2, 0.25) is 0 Å². The summed E-state index contributed by atoms with van der Waals surface area (Å²) >= 11 is 0. The van der Waals surface area contributed by atoms with Gasteiger partial charge in [-0.1, -0.05) is 30.3 Å². The molecule has 37 heavy (non-hydrogen) atoms. The number of carbonyl (C=O) groups is 2. The van der Waals surface area contributed by atoms with Gasteiger partial charge in [0.05, 0.1) is 11.1 Å². The third kappa shape index (κ3) is 7.25. The Morgan fingerprint density at radius 1 is 1.00 bits per heavy atom. The van der Waals surface area contributed by atoms with E-state index in [9.17, 15) is 24.8 Å². The van der Waals surface area contributed by atoms with Gasteiger partial charge in [0.25, 0.3) is 11.8 Å². The molecule has 3 N–H and O–H groups in total. The van der Waals surface area contributed by atoms with Gasteiger partial charge in [0.15, 0.2) is 5.75 Å². The highest BCUT2D eigenvalue weighted by Gasteiger charge is 2.15. The van der Waals surface area contributed by atoms with Crippen molar-refractivity contribution in [2.24, 2.45) is 5.10 Å². The standard InChI is InChI=1S/C27H27N5O5/c1-3-31(4-2)22-13-10-19(11-14-22)16-23(29-26(34)21-8-6-5-7-9-21)27(35)30-28-18-20-12-15-25(33)24(17-20)32(36)37/h5-18,33H,3-4H2,1-2H3,(H,29,34)(H,30,35)/b23-16-,28-18+. The lowest BCUT2D eigenvalue weighted by Gasteiger charge is -2.20. The number of hydrazone groups is 1. The predicted molar refractivity (Wildman–Crippen MR) is 142 cm³/mol. The molecule has 190 valence electrons. The van der Waals surface area contributed by atoms with Gasteiger partial charge >= 0.3 is 5.69 Å². The number of carbonyl (C=O) groups excluding carboxylic acids is 2. The lowest BCUT2D eigenvalue weighted by molar-refractivity contribution is -0.385. The van der Waals surface area contributed by atoms with Crippen LogP contribution in [0.3, 0.4) is 0 Å². The molecule has 0 fully saturated rings. The van der Waals surface area contributed by atoms with E-state index >= 15 is 0 Å². The first-order valence-corrected chi connectivity index (χ1v) is 11.6. The monoisotopic (exact) mass is 501 g/mol. The van der Waals surface area contributed by atoms with E-state index in [1.54, 1.807) is 30.3 Å². The average Bonchev–Trinajstić information content (AvgIpc) is 2.91. The second kappa shape index (κ2) is 12.6. The van der Waals surface area contributed by atoms with Gasteiger partial charge in [-0.05, 0) is 61.9 Å². The first-order valence-electron chi connectivity index (χ1n) is 11.6. The van der Waals surface area contributed by atoms with Crippen LogP contribution in [0.5, 0.6) is 5.75 Å². The van der Waals surface area contributed by atoms with Gasteiger partial charge in [0, 0.05) is 36.0 Å². The molecule has 0 saturated heterocycles. The second-order valence-electron chi connectivity index (χ2n) is 7.85. The maximum atomic E-state index is 12.9. The number of rotatable bonds is 10. The summed E-state index contributed by atoms with van der Waals surface area (Å²) in [5.41, 5.74) is 4.18. The van der Waals surface area contributed by atoms with Gasteiger partial charge in [-0.25, -0.2) is 5.43 Å². The molecule has 10 nitrogen and oxygen atoms in total. The molecule has 2 amide bonds. The molecule has 0 atom stereocenters. The number of hydrogen-bond acceptors (Lipinski definition) is 7. The minimum absolute atomic E-state index is 0.0433. The number of phenols is 1. The van der Waals surface area contributed by atoms with Crippen LogP contribution in [0.25, 0.3) is 6.08 Å². The van der Waals surface area contributed by atoms with Crippen LogP contribution in [0.15, 0.2) is 83.6 Å². The van der Waals surface area contributed by atoms with Crippen molar-refractivity contribution < 1.29 is 19.6 Å². The number of aromatic hydroxyl groups is 1. The highest BCUT2D eigenvalue weighted by molar-refractivity contribution is 6.05. The van der Waals surface area contributed by atoms with Gasteiger partial charge in [-0.2, -0.15) is 5.10 Å². The number of nitrogens with zero attached hydrogens (tertiary/aromatic N) is 3. The summed E-state index contributed by atoms with van der Waals surface area (Å²) in [5, 5.41) is 27.1. The molecule has 10 heteroatoms. The smallest absolute Gasteiger partial charge is 0.311 e. The predicted octanol–water partition coefficient (Wildman–Crippen LogP) is 4.07. The lowest BCUT2D eigenvalue weighted by atomic mass is 10.1. The van der Waals surface area contributed by atoms with Crippen molar-refractivity contribution in [3.8, 4) is 5.75 Å². The van der Waals surface area contributed by atoms with E-state index in [4.69, 9.17) is 0 Å². The van der Waals surface area contributed by atoms with Crippen LogP contribution in [-0.2, 0) is 4.79 Å². The minimum atomic E-state index is -0.725. The summed E-state index contributed by atoms with van der Waals surface area (Å²) in [7, 11) is 0. The molecule has 3 aromatic carbocycles. The number of phenolic OH excluding ortho intramolecular Hbond substituents is 1. The fourth-order valence-corrected chi connectivity index (χ4v) is 3.47. The molecule has 0 aliphatic rings. The number of nitrogens with one attached hydrogen (secondary N) is 2. The minimum Gasteiger partial charge on any atom is -0.502 e. The zero-order valence-electron chi connectivity index (χ0n) is 20.4. The lowest BCUT2D eigenvalue weighted by Crippen LogP contribution is -2.32. The fraction of sp³-hybridized carbons (Fsp3) is 0.148. The summed E-state index contributed by atoms with van der Waals surface area (Å²) in [6, 6.07) is 19.7. The first-order chi connectivity index (χ1) is 17.8. The van der Waals surface area contributed by atoms with Crippen molar-refractivity contribution in [1.82, 2.24) is 10.7 Å². The SMILES string of the molecule is CCN(CC)c1ccc(/C=C(\NC(=O)c2ccccc2)C(=O)N/N=C/c2ccc(O)c([N+](=O)[O-])c2)cc1. The average molecular weight is 502 g/mol. The van der Waals surface area contributed by atoms with Crippen molar-refractivity contribution in [1.29, 1.82) is 0 Å². The number of benzene rings is 3. The number of anilines is 1. The van der Waals surface area contributed by atoms with Crippen molar-refractivity contribution in [2.75, 3.05) is 18.0 Å². The topological polar surface area (TPSA) is 137 Å². The molecule has 0 saturated carbocycles. The summed E-state index contributed by atoms with van der Waals surface area (Å²) in [6.07, 6.45) is 2.73. The molecule has 0 radical (unpaired) electrons. The molecular formula is C27H27N5O5. The number of nitro groups is 1. The van der Waals surface area contributed by atoms with Gasteiger partial charge in [0.1, 0.15) is 5.70 Å². The van der Waals surface area contributed by atoms with Crippen LogP contribution in [0.1, 0.15) is 35.3 Å². The summed E-state index contributed by atoms with van der Waals surface area (Å²) in [5.74, 6) is -1.64. The Morgan fingerprint density at radius 3 is 2.27 bits per heavy atom. The Labute approximate surface area is 214 Å². The van der Waals surface area contributed by atoms with Gasteiger partial charge in [-0.15, -0.1) is 0 Å². The molecule has 3 rings (SSSR count). The number of hydrogen-bond donors (Lipinski definition) is 3. The van der Waals surface area contributed by atoms with Gasteiger partial charge in [-0.3, -0.25) is 19.7 Å². The third-order valence-corrected chi connectivity index (χ3v) is 5.44. The van der Waals surface area contributed by atoms with E-state index in [-0.39, 0.29) is 11.3 Å². The molecule has 0 unspecified atom stereocenters. The van der Waals surface area contributed by atoms with E-state index in [1.165, 1.54) is 18.4 Å². The van der Waals surface area contributed by atoms with E-state index in [1.807, 2.05) is 24.3 Å². The van der Waals surface area contributed by atoms with E-state index in [2.05, 4.69) is 34.6 Å². The van der Waals surface area contributed by atoms with Crippen LogP contribution < -0.4 is 15.6 Å². The van der Waals surface area contributed by atoms with Crippen LogP contribution >= 0.6 is 0 Å². The number of nitro benzene ring substituents is 1. The molecular weight excluding hydrogens is 474 g/mol. The molecule has 0 aliphatic heterocycles. The molecule has 0 aliphatic carbocycles. The van der Waals surface area contributed by atoms with Crippen molar-refractivity contribution in [3.05, 3.63) is 105 Å². The molecule has 0 heterocycles. The Bertz CT molecular complexity index is 1320. The van der Waals surface area contributed by atoms with Crippen LogP contribution in [0.4, 0.5) is 11.4 Å². The quantitative estimate of drug-likeness (QED) is 0.166. The Balaban J connectivity index is 1.83. The van der Waals surface area contributed by atoms with Crippen LogP contribution in [0.2, 0.25) is 0 Å². The largest absolute Gasteiger partial charge is 0.502 e. The summed E-state index contributed by atoms with van der Waals surface area (Å²) in [4.78, 5) is 38.1. The fourth-order valence-electron chi connectivity index (χ4n) is 3.47. The summed E-state index contributed by atoms with van der Waals surface area (Å²) < 4.78 is 0. The molecule has 0 aromatic heterocycles. The maximum absolute atomic E-state index is 12.9. The molecule has 0 bridgehead atoms. The van der Waals surface area contributed by atoms with Crippen LogP contribution in [0, 0.1) is 10.1 Å². The van der Waals surface area contributed by atoms with Crippen LogP contribution in [-0.4, -0.2) is 41.1 Å². The zero-order valence-corrected chi connectivity index (χ0v) is 20.4. The second-order valence-corrected chi connectivity index (χ2v) is 7.85. The number of amides is 2. The van der Waals surface area contributed by atoms with Crippen molar-refractivity contribution in [2.45, 2.75) is 13.8 Å². The van der Waals surface area contributed by atoms with E-state index in [0.29, 0.717) is 11.1 Å². The van der Waals surface area contributed by atoms with Crippen molar-refractivity contribution in [3.63, 3.8) is 0 Å². The van der Waals surface area contributed by atoms with E-state index < -0.39 is 28.2 Å². The Hall–Kier alpha value is -4.99. The van der Waals surface area contributed by atoms with E-state index in [0.717, 1.165) is 30.9 Å². The molecule has 0 spiro atoms. The normalized spacial score (nSPS) is 11.2.